The normalized spacial score (nSPS) is 12.9. The molecule has 3 amide bonds. The molecule has 0 heterocycles. The molecule has 0 radical (unpaired) electrons. The summed E-state index contributed by atoms with van der Waals surface area (Å²) in [6, 6.07) is 6.20. The van der Waals surface area contributed by atoms with E-state index in [1.807, 2.05) is 27.7 Å². The molecule has 9 nitrogen and oxygen atoms in total. The number of carbonyl (C=O) groups excluding carboxylic acids is 4. The van der Waals surface area contributed by atoms with Gasteiger partial charge in [-0.15, -0.1) is 0 Å². The number of nitrogens with two attached hydrogens (primary N) is 1. The summed E-state index contributed by atoms with van der Waals surface area (Å²) in [4.78, 5) is 48.8. The maximum atomic E-state index is 13.1. The maximum Gasteiger partial charge on any atom is 0.312 e. The van der Waals surface area contributed by atoms with Gasteiger partial charge in [0.2, 0.25) is 5.91 Å². The molecule has 0 aliphatic heterocycles. The molecule has 1 aromatic rings. The van der Waals surface area contributed by atoms with Gasteiger partial charge in [0, 0.05) is 30.6 Å². The Kier molecular flexibility index (Phi) is 13.0. The molecule has 0 aromatic heterocycles. The maximum absolute atomic E-state index is 13.1. The van der Waals surface area contributed by atoms with Crippen molar-refractivity contribution in [3.8, 4) is 0 Å². The summed E-state index contributed by atoms with van der Waals surface area (Å²) in [5.74, 6) is -1.21. The second-order valence-corrected chi connectivity index (χ2v) is 9.79. The van der Waals surface area contributed by atoms with Crippen LogP contribution in [0.15, 0.2) is 24.3 Å². The van der Waals surface area contributed by atoms with Gasteiger partial charge in [-0.25, -0.2) is 4.79 Å². The van der Waals surface area contributed by atoms with Crippen LogP contribution < -0.4 is 21.7 Å². The van der Waals surface area contributed by atoms with E-state index in [0.29, 0.717) is 25.1 Å². The van der Waals surface area contributed by atoms with Gasteiger partial charge in [0.25, 0.3) is 0 Å². The molecule has 0 aliphatic rings. The van der Waals surface area contributed by atoms with E-state index in [2.05, 4.69) is 16.0 Å². The highest BCUT2D eigenvalue weighted by Gasteiger charge is 2.28. The van der Waals surface area contributed by atoms with Crippen LogP contribution in [0, 0.1) is 17.8 Å². The number of carbonyl (C=O) groups is 4. The number of nitrogens with one attached hydrogen (secondary N) is 3. The molecule has 196 valence electrons. The third kappa shape index (κ3) is 11.8. The summed E-state index contributed by atoms with van der Waals surface area (Å²) in [6.45, 7) is 11.9. The number of Topliss-reactive ketones (excluding diaryl/α,β-unsaturated/α-hetero) is 1. The first-order valence-electron chi connectivity index (χ1n) is 12.3. The number of hydrogen-bond donors (Lipinski definition) is 4. The lowest BCUT2D eigenvalue weighted by Crippen LogP contribution is -2.45. The van der Waals surface area contributed by atoms with E-state index in [1.54, 1.807) is 38.1 Å². The SMILES string of the molecule is CC(C)N[C@H](C(=O)CC(CCCNC(N)=O)C(=O)Nc1ccc(COC(=O)C(C)C)cc1)C(C)C. The van der Waals surface area contributed by atoms with Crippen LogP contribution in [0.5, 0.6) is 0 Å². The second kappa shape index (κ2) is 15.1. The molecule has 35 heavy (non-hydrogen) atoms. The number of benzene rings is 1. The number of ether oxygens (including phenoxy) is 1. The summed E-state index contributed by atoms with van der Waals surface area (Å²) in [5, 5.41) is 8.70. The Morgan fingerprint density at radius 3 is 2.11 bits per heavy atom. The minimum absolute atomic E-state index is 0.0148. The molecule has 2 atom stereocenters. The minimum Gasteiger partial charge on any atom is -0.461 e. The van der Waals surface area contributed by atoms with Gasteiger partial charge in [0.1, 0.15) is 6.61 Å². The molecular weight excluding hydrogens is 448 g/mol. The summed E-state index contributed by atoms with van der Waals surface area (Å²) >= 11 is 0. The van der Waals surface area contributed by atoms with Gasteiger partial charge in [-0.2, -0.15) is 0 Å². The van der Waals surface area contributed by atoms with E-state index < -0.39 is 11.9 Å². The Labute approximate surface area is 208 Å². The van der Waals surface area contributed by atoms with Crippen molar-refractivity contribution in [3.05, 3.63) is 29.8 Å². The zero-order valence-corrected chi connectivity index (χ0v) is 21.9. The number of ketones is 1. The zero-order valence-electron chi connectivity index (χ0n) is 21.9. The van der Waals surface area contributed by atoms with Crippen molar-refractivity contribution in [1.82, 2.24) is 10.6 Å². The highest BCUT2D eigenvalue weighted by atomic mass is 16.5. The number of primary amides is 1. The fourth-order valence-electron chi connectivity index (χ4n) is 3.52. The third-order valence-electron chi connectivity index (χ3n) is 5.45. The highest BCUT2D eigenvalue weighted by Crippen LogP contribution is 2.19. The third-order valence-corrected chi connectivity index (χ3v) is 5.45. The molecule has 1 rings (SSSR count). The van der Waals surface area contributed by atoms with Crippen LogP contribution in [0.2, 0.25) is 0 Å². The summed E-state index contributed by atoms with van der Waals surface area (Å²) < 4.78 is 5.22. The largest absolute Gasteiger partial charge is 0.461 e. The van der Waals surface area contributed by atoms with Crippen LogP contribution in [-0.2, 0) is 25.7 Å². The topological polar surface area (TPSA) is 140 Å². The lowest BCUT2D eigenvalue weighted by Gasteiger charge is -2.25. The van der Waals surface area contributed by atoms with Gasteiger partial charge in [0.15, 0.2) is 5.78 Å². The average Bonchev–Trinajstić information content (AvgIpc) is 2.77. The van der Waals surface area contributed by atoms with Crippen molar-refractivity contribution in [1.29, 1.82) is 0 Å². The quantitative estimate of drug-likeness (QED) is 0.220. The van der Waals surface area contributed by atoms with Crippen molar-refractivity contribution in [2.45, 2.75) is 79.5 Å². The molecule has 0 saturated carbocycles. The number of urea groups is 1. The van der Waals surface area contributed by atoms with Gasteiger partial charge >= 0.3 is 12.0 Å². The van der Waals surface area contributed by atoms with Crippen molar-refractivity contribution >= 4 is 29.4 Å². The fraction of sp³-hybridized carbons (Fsp3) is 0.615. The summed E-state index contributed by atoms with van der Waals surface area (Å²) in [5.41, 5.74) is 6.51. The monoisotopic (exact) mass is 490 g/mol. The van der Waals surface area contributed by atoms with Crippen LogP contribution in [0.1, 0.15) is 66.4 Å². The molecule has 0 saturated heterocycles. The van der Waals surface area contributed by atoms with Gasteiger partial charge in [-0.05, 0) is 36.5 Å². The molecular formula is C26H42N4O5. The van der Waals surface area contributed by atoms with E-state index in [1.165, 1.54) is 0 Å². The summed E-state index contributed by atoms with van der Waals surface area (Å²) in [6.07, 6.45) is 1.03. The highest BCUT2D eigenvalue weighted by molar-refractivity contribution is 5.96. The first-order chi connectivity index (χ1) is 16.4. The van der Waals surface area contributed by atoms with Crippen LogP contribution in [0.4, 0.5) is 10.5 Å². The van der Waals surface area contributed by atoms with Crippen molar-refractivity contribution in [3.63, 3.8) is 0 Å². The van der Waals surface area contributed by atoms with Crippen LogP contribution in [-0.4, -0.2) is 42.3 Å². The predicted molar refractivity (Wildman–Crippen MR) is 137 cm³/mol. The Morgan fingerprint density at radius 2 is 1.60 bits per heavy atom. The lowest BCUT2D eigenvalue weighted by molar-refractivity contribution is -0.148. The Bertz CT molecular complexity index is 837. The number of rotatable bonds is 15. The van der Waals surface area contributed by atoms with Crippen LogP contribution >= 0.6 is 0 Å². The van der Waals surface area contributed by atoms with Gasteiger partial charge < -0.3 is 26.4 Å². The molecule has 0 fully saturated rings. The van der Waals surface area contributed by atoms with E-state index >= 15 is 0 Å². The predicted octanol–water partition coefficient (Wildman–Crippen LogP) is 3.37. The van der Waals surface area contributed by atoms with Crippen molar-refractivity contribution < 1.29 is 23.9 Å². The first-order valence-corrected chi connectivity index (χ1v) is 12.3. The minimum atomic E-state index is -0.623. The average molecular weight is 491 g/mol. The number of esters is 1. The van der Waals surface area contributed by atoms with Crippen LogP contribution in [0.3, 0.4) is 0 Å². The zero-order chi connectivity index (χ0) is 26.5. The molecule has 1 unspecified atom stereocenters. The van der Waals surface area contributed by atoms with Crippen molar-refractivity contribution in [2.75, 3.05) is 11.9 Å². The number of anilines is 1. The van der Waals surface area contributed by atoms with E-state index in [-0.39, 0.29) is 54.6 Å². The molecule has 9 heteroatoms. The molecule has 0 bridgehead atoms. The number of amides is 3. The van der Waals surface area contributed by atoms with Gasteiger partial charge in [-0.3, -0.25) is 14.4 Å². The van der Waals surface area contributed by atoms with E-state index in [9.17, 15) is 19.2 Å². The molecule has 0 aliphatic carbocycles. The fourth-order valence-corrected chi connectivity index (χ4v) is 3.52. The smallest absolute Gasteiger partial charge is 0.312 e. The van der Waals surface area contributed by atoms with Gasteiger partial charge in [0.05, 0.1) is 12.0 Å². The Balaban J connectivity index is 2.85. The standard InChI is InChI=1S/C26H42N4O5/c1-16(2)23(29-18(5)6)22(31)14-20(8-7-13-28-26(27)34)24(32)30-21-11-9-19(10-12-21)15-35-25(33)17(3)4/h9-12,16-18,20,23,29H,7-8,13-15H2,1-6H3,(H,30,32)(H3,27,28,34)/t20?,23-/m0/s1. The van der Waals surface area contributed by atoms with Gasteiger partial charge in [-0.1, -0.05) is 53.7 Å². The van der Waals surface area contributed by atoms with E-state index in [0.717, 1.165) is 5.56 Å². The van der Waals surface area contributed by atoms with Crippen LogP contribution in [0.25, 0.3) is 0 Å². The number of hydrogen-bond acceptors (Lipinski definition) is 6. The molecule has 1 aromatic carbocycles. The summed E-state index contributed by atoms with van der Waals surface area (Å²) in [7, 11) is 0. The Morgan fingerprint density at radius 1 is 0.971 bits per heavy atom. The first kappa shape index (κ1) is 30.1. The van der Waals surface area contributed by atoms with E-state index in [4.69, 9.17) is 10.5 Å². The van der Waals surface area contributed by atoms with Crippen molar-refractivity contribution in [2.24, 2.45) is 23.5 Å². The Hall–Kier alpha value is -2.94. The second-order valence-electron chi connectivity index (χ2n) is 9.79. The lowest BCUT2D eigenvalue weighted by atomic mass is 9.89. The molecule has 0 spiro atoms. The molecule has 5 N–H and O–H groups in total.